The first kappa shape index (κ1) is 7.58. The number of carbonyl (C=O) groups excluding carboxylic acids is 1. The van der Waals surface area contributed by atoms with Crippen molar-refractivity contribution in [3.63, 3.8) is 0 Å². The van der Waals surface area contributed by atoms with E-state index >= 15 is 0 Å². The minimum Gasteiger partial charge on any atom is -0.299 e. The van der Waals surface area contributed by atoms with Crippen LogP contribution in [0.4, 0.5) is 4.39 Å². The van der Waals surface area contributed by atoms with Crippen LogP contribution in [-0.4, -0.2) is 15.4 Å². The van der Waals surface area contributed by atoms with Crippen LogP contribution in [0.15, 0.2) is 0 Å². The molecule has 0 saturated heterocycles. The molecule has 0 aromatic rings. The second kappa shape index (κ2) is 1.72. The Labute approximate surface area is 94.9 Å². The smallest absolute Gasteiger partial charge is 0.143 e. The van der Waals surface area contributed by atoms with Gasteiger partial charge in [-0.25, -0.2) is 4.39 Å². The molecule has 0 radical (unpaired) electrons. The van der Waals surface area contributed by atoms with E-state index in [1.807, 2.05) is 0 Å². The van der Waals surface area contributed by atoms with E-state index in [4.69, 9.17) is 0 Å². The largest absolute Gasteiger partial charge is 0.299 e. The zero-order valence-electron chi connectivity index (χ0n) is 7.49. The van der Waals surface area contributed by atoms with Crippen molar-refractivity contribution < 1.29 is 9.18 Å². The highest BCUT2D eigenvalue weighted by Gasteiger charge is 2.90. The lowest BCUT2D eigenvalue weighted by atomic mass is 9.70. The molecule has 6 bridgehead atoms. The predicted octanol–water partition coefficient (Wildman–Crippen LogP) is 1.84. The van der Waals surface area contributed by atoms with Gasteiger partial charge in [0.05, 0.1) is 5.92 Å². The summed E-state index contributed by atoms with van der Waals surface area (Å²) in [5, 5.41) is 0. The molecule has 6 aliphatic carbocycles. The lowest BCUT2D eigenvalue weighted by Crippen LogP contribution is -2.42. The Bertz CT molecular complexity index is 395. The van der Waals surface area contributed by atoms with Crippen molar-refractivity contribution >= 4 is 28.4 Å². The first-order valence-corrected chi connectivity index (χ1v) is 6.78. The van der Waals surface area contributed by atoms with Gasteiger partial charge in [0.25, 0.3) is 0 Å². The molecule has 1 nitrogen and oxygen atoms in total. The maximum absolute atomic E-state index is 14.9. The lowest BCUT2D eigenvalue weighted by Gasteiger charge is -2.35. The standard InChI is InChI=1S/C11H10FIO/c12-11-7-3-1-2-4(5(3)10(11)13)8(11)9(14)6(2)7/h2-8,10H,1H2/t2-,3-,4+,5+,6-,7-,8-,10-,11+/m1/s1. The van der Waals surface area contributed by atoms with Gasteiger partial charge in [-0.3, -0.25) is 4.79 Å². The van der Waals surface area contributed by atoms with Crippen LogP contribution in [0.25, 0.3) is 0 Å². The monoisotopic (exact) mass is 304 g/mol. The second-order valence-corrected chi connectivity index (χ2v) is 7.22. The maximum atomic E-state index is 14.9. The van der Waals surface area contributed by atoms with Crippen molar-refractivity contribution in [2.45, 2.75) is 16.0 Å². The fourth-order valence-electron chi connectivity index (χ4n) is 6.14. The number of Topliss-reactive ketones (excluding diaryl/α,β-unsaturated/α-hetero) is 1. The van der Waals surface area contributed by atoms with Crippen LogP contribution in [0.5, 0.6) is 0 Å². The normalized spacial score (nSPS) is 80.3. The van der Waals surface area contributed by atoms with Crippen molar-refractivity contribution in [3.05, 3.63) is 0 Å². The van der Waals surface area contributed by atoms with Gasteiger partial charge in [-0.2, -0.15) is 0 Å². The molecule has 6 rings (SSSR count). The van der Waals surface area contributed by atoms with Crippen LogP contribution >= 0.6 is 22.6 Å². The topological polar surface area (TPSA) is 17.1 Å². The minimum atomic E-state index is -1.06. The van der Waals surface area contributed by atoms with Gasteiger partial charge in [0.1, 0.15) is 11.5 Å². The number of alkyl halides is 2. The molecular weight excluding hydrogens is 294 g/mol. The quantitative estimate of drug-likeness (QED) is 0.493. The van der Waals surface area contributed by atoms with Crippen molar-refractivity contribution in [3.8, 4) is 0 Å². The Morgan fingerprint density at radius 3 is 2.86 bits per heavy atom. The van der Waals surface area contributed by atoms with Gasteiger partial charge < -0.3 is 0 Å². The molecule has 3 heteroatoms. The molecule has 0 aliphatic heterocycles. The van der Waals surface area contributed by atoms with Crippen molar-refractivity contribution in [2.75, 3.05) is 0 Å². The summed E-state index contributed by atoms with van der Waals surface area (Å²) >= 11 is 2.30. The minimum absolute atomic E-state index is 0.155. The molecule has 9 atom stereocenters. The van der Waals surface area contributed by atoms with E-state index in [1.165, 1.54) is 6.42 Å². The average Bonchev–Trinajstić information content (AvgIpc) is 2.81. The van der Waals surface area contributed by atoms with Gasteiger partial charge in [-0.05, 0) is 30.1 Å². The molecule has 0 N–H and O–H groups in total. The number of halogens is 2. The Balaban J connectivity index is 1.92. The van der Waals surface area contributed by atoms with Crippen molar-refractivity contribution in [2.24, 2.45) is 41.4 Å². The summed E-state index contributed by atoms with van der Waals surface area (Å²) in [6.45, 7) is 0. The first-order valence-electron chi connectivity index (χ1n) is 5.54. The SMILES string of the molecule is O=C1[C@@H]2[C@@H]3C[C@@H]4[C@H]5[C@H]3[C@H]1[C@@](F)([C@H]42)[C@@H]5I. The first-order chi connectivity index (χ1) is 6.67. The Kier molecular flexibility index (Phi) is 0.931. The molecule has 74 valence electrons. The van der Waals surface area contributed by atoms with E-state index in [9.17, 15) is 9.18 Å². The van der Waals surface area contributed by atoms with Crippen LogP contribution in [-0.2, 0) is 4.79 Å². The summed E-state index contributed by atoms with van der Waals surface area (Å²) in [5.74, 6) is 2.71. The summed E-state index contributed by atoms with van der Waals surface area (Å²) < 4.78 is 15.1. The van der Waals surface area contributed by atoms with Crippen LogP contribution in [0.1, 0.15) is 6.42 Å². The van der Waals surface area contributed by atoms with Crippen LogP contribution < -0.4 is 0 Å². The Morgan fingerprint density at radius 1 is 1.36 bits per heavy atom. The second-order valence-electron chi connectivity index (χ2n) is 5.88. The fourth-order valence-corrected chi connectivity index (χ4v) is 7.96. The third-order valence-electron chi connectivity index (χ3n) is 6.06. The summed E-state index contributed by atoms with van der Waals surface area (Å²) in [7, 11) is 0. The third kappa shape index (κ3) is 0.407. The predicted molar refractivity (Wildman–Crippen MR) is 55.7 cm³/mol. The van der Waals surface area contributed by atoms with Crippen LogP contribution in [0.3, 0.4) is 0 Å². The number of hydrogen-bond donors (Lipinski definition) is 0. The molecule has 0 spiro atoms. The van der Waals surface area contributed by atoms with E-state index in [0.717, 1.165) is 0 Å². The van der Waals surface area contributed by atoms with Crippen molar-refractivity contribution in [1.29, 1.82) is 0 Å². The lowest BCUT2D eigenvalue weighted by molar-refractivity contribution is -0.122. The summed E-state index contributed by atoms with van der Waals surface area (Å²) in [6.07, 6.45) is 1.18. The summed E-state index contributed by atoms with van der Waals surface area (Å²) in [6, 6.07) is 0. The highest BCUT2D eigenvalue weighted by Crippen LogP contribution is 2.84. The van der Waals surface area contributed by atoms with Gasteiger partial charge in [0.15, 0.2) is 0 Å². The van der Waals surface area contributed by atoms with Gasteiger partial charge in [0.2, 0.25) is 0 Å². The Morgan fingerprint density at radius 2 is 2.14 bits per heavy atom. The molecule has 6 aliphatic rings. The summed E-state index contributed by atoms with van der Waals surface area (Å²) in [4.78, 5) is 12.0. The number of ketones is 1. The van der Waals surface area contributed by atoms with Gasteiger partial charge in [-0.1, -0.05) is 22.6 Å². The fraction of sp³-hybridized carbons (Fsp3) is 0.909. The molecular formula is C11H10FIO. The molecule has 0 aromatic carbocycles. The molecule has 0 amide bonds. The average molecular weight is 304 g/mol. The molecule has 14 heavy (non-hydrogen) atoms. The van der Waals surface area contributed by atoms with E-state index in [1.54, 1.807) is 0 Å². The molecule has 0 aromatic heterocycles. The van der Waals surface area contributed by atoms with Gasteiger partial charge >= 0.3 is 0 Å². The van der Waals surface area contributed by atoms with E-state index < -0.39 is 5.67 Å². The molecule has 0 heterocycles. The molecule has 6 saturated carbocycles. The van der Waals surface area contributed by atoms with Crippen LogP contribution in [0, 0.1) is 41.4 Å². The van der Waals surface area contributed by atoms with Gasteiger partial charge in [-0.15, -0.1) is 0 Å². The molecule has 0 unspecified atom stereocenters. The van der Waals surface area contributed by atoms with E-state index in [2.05, 4.69) is 22.6 Å². The van der Waals surface area contributed by atoms with Crippen LogP contribution in [0.2, 0.25) is 0 Å². The number of hydrogen-bond acceptors (Lipinski definition) is 1. The molecule has 6 fully saturated rings. The van der Waals surface area contributed by atoms with Gasteiger partial charge in [0, 0.05) is 15.8 Å². The highest BCUT2D eigenvalue weighted by atomic mass is 127. The Hall–Kier alpha value is 0.330. The number of carbonyl (C=O) groups is 1. The van der Waals surface area contributed by atoms with E-state index in [0.29, 0.717) is 29.5 Å². The zero-order chi connectivity index (χ0) is 9.40. The zero-order valence-corrected chi connectivity index (χ0v) is 9.65. The number of rotatable bonds is 0. The highest BCUT2D eigenvalue weighted by molar-refractivity contribution is 14.1. The summed E-state index contributed by atoms with van der Waals surface area (Å²) in [5.41, 5.74) is -1.06. The van der Waals surface area contributed by atoms with Crippen molar-refractivity contribution in [1.82, 2.24) is 0 Å². The maximum Gasteiger partial charge on any atom is 0.143 e. The third-order valence-corrected chi connectivity index (χ3v) is 7.84. The van der Waals surface area contributed by atoms with E-state index in [-0.39, 0.29) is 21.7 Å².